The molecule has 2 heterocycles. The van der Waals surface area contributed by atoms with Crippen LogP contribution in [-0.4, -0.2) is 29.7 Å². The summed E-state index contributed by atoms with van der Waals surface area (Å²) in [6, 6.07) is 7.41. The van der Waals surface area contributed by atoms with Crippen LogP contribution in [0.15, 0.2) is 36.9 Å². The molecule has 18 heavy (non-hydrogen) atoms. The molecule has 90 valence electrons. The minimum Gasteiger partial charge on any atom is -0.218 e. The number of nitrogens with zero attached hydrogens (tertiary/aromatic N) is 6. The Hall–Kier alpha value is -2.21. The lowest BCUT2D eigenvalue weighted by molar-refractivity contribution is 0.637. The van der Waals surface area contributed by atoms with Gasteiger partial charge in [0.1, 0.15) is 18.5 Å². The molecule has 0 aliphatic heterocycles. The fraction of sp³-hybridized carbons (Fsp3) is 0.0909. The molecular weight excluding hydrogens is 252 g/mol. The van der Waals surface area contributed by atoms with Gasteiger partial charge in [-0.2, -0.15) is 0 Å². The van der Waals surface area contributed by atoms with Gasteiger partial charge in [0.25, 0.3) is 0 Å². The van der Waals surface area contributed by atoms with Gasteiger partial charge in [-0.05, 0) is 31.2 Å². The van der Waals surface area contributed by atoms with Gasteiger partial charge in [-0.3, -0.25) is 0 Å². The summed E-state index contributed by atoms with van der Waals surface area (Å²) in [5.74, 6) is 1.46. The van der Waals surface area contributed by atoms with Crippen LogP contribution in [0, 0.1) is 6.92 Å². The van der Waals surface area contributed by atoms with E-state index in [0.717, 1.165) is 11.4 Å². The van der Waals surface area contributed by atoms with Gasteiger partial charge < -0.3 is 0 Å². The van der Waals surface area contributed by atoms with Crippen molar-refractivity contribution in [1.82, 2.24) is 29.7 Å². The Morgan fingerprint density at radius 2 is 1.61 bits per heavy atom. The number of hydrogen-bond acceptors (Lipinski definition) is 4. The minimum absolute atomic E-state index is 0.685. The Morgan fingerprint density at radius 3 is 2.28 bits per heavy atom. The molecule has 6 nitrogen and oxygen atoms in total. The normalized spacial score (nSPS) is 10.8. The Kier molecular flexibility index (Phi) is 2.56. The molecule has 3 rings (SSSR count). The second-order valence-corrected chi connectivity index (χ2v) is 4.17. The van der Waals surface area contributed by atoms with E-state index >= 15 is 0 Å². The molecule has 0 saturated heterocycles. The molecule has 2 aromatic heterocycles. The number of aromatic nitrogens is 6. The largest absolute Gasteiger partial charge is 0.218 e. The first-order valence-electron chi connectivity index (χ1n) is 5.29. The van der Waals surface area contributed by atoms with E-state index < -0.39 is 0 Å². The number of aryl methyl sites for hydroxylation is 1. The van der Waals surface area contributed by atoms with Gasteiger partial charge in [-0.25, -0.2) is 9.35 Å². The zero-order chi connectivity index (χ0) is 12.5. The predicted octanol–water partition coefficient (Wildman–Crippen LogP) is 1.81. The lowest BCUT2D eigenvalue weighted by Crippen LogP contribution is -2.10. The third-order valence-electron chi connectivity index (χ3n) is 2.56. The second-order valence-electron chi connectivity index (χ2n) is 3.73. The molecule has 0 amide bonds. The number of halogens is 1. The molecule has 7 heteroatoms. The Balaban J connectivity index is 2.12. The molecule has 0 aliphatic carbocycles. The van der Waals surface area contributed by atoms with Crippen LogP contribution in [0.4, 0.5) is 0 Å². The summed E-state index contributed by atoms with van der Waals surface area (Å²) in [6.07, 6.45) is 3.22. The molecular formula is C11H9ClN6. The quantitative estimate of drug-likeness (QED) is 0.705. The van der Waals surface area contributed by atoms with Crippen molar-refractivity contribution in [2.45, 2.75) is 6.92 Å². The van der Waals surface area contributed by atoms with Crippen LogP contribution in [0.3, 0.4) is 0 Å². The fourth-order valence-corrected chi connectivity index (χ4v) is 1.80. The summed E-state index contributed by atoms with van der Waals surface area (Å²) in [7, 11) is 0. The molecule has 0 N–H and O–H groups in total. The maximum absolute atomic E-state index is 5.87. The van der Waals surface area contributed by atoms with Crippen molar-refractivity contribution in [2.24, 2.45) is 0 Å². The average molecular weight is 261 g/mol. The van der Waals surface area contributed by atoms with Crippen molar-refractivity contribution in [3.8, 4) is 11.4 Å². The molecule has 0 unspecified atom stereocenters. The van der Waals surface area contributed by atoms with E-state index in [1.807, 2.05) is 31.2 Å². The lowest BCUT2D eigenvalue weighted by Gasteiger charge is -2.07. The highest BCUT2D eigenvalue weighted by Crippen LogP contribution is 2.19. The zero-order valence-corrected chi connectivity index (χ0v) is 10.3. The fourth-order valence-electron chi connectivity index (χ4n) is 1.68. The first-order chi connectivity index (χ1) is 8.75. The molecule has 0 aliphatic rings. The third-order valence-corrected chi connectivity index (χ3v) is 2.81. The van der Waals surface area contributed by atoms with Crippen LogP contribution < -0.4 is 0 Å². The molecule has 0 radical (unpaired) electrons. The van der Waals surface area contributed by atoms with Gasteiger partial charge in [-0.15, -0.1) is 20.4 Å². The summed E-state index contributed by atoms with van der Waals surface area (Å²) < 4.78 is 3.54. The van der Waals surface area contributed by atoms with Crippen LogP contribution >= 0.6 is 11.6 Å². The molecule has 1 aromatic carbocycles. The SMILES string of the molecule is Cc1nncn1-n1cnnc1-c1ccc(Cl)cc1. The van der Waals surface area contributed by atoms with E-state index in [1.165, 1.54) is 0 Å². The van der Waals surface area contributed by atoms with Crippen LogP contribution in [0.25, 0.3) is 11.4 Å². The summed E-state index contributed by atoms with van der Waals surface area (Å²) >= 11 is 5.87. The van der Waals surface area contributed by atoms with Crippen molar-refractivity contribution in [2.75, 3.05) is 0 Å². The molecule has 0 atom stereocenters. The van der Waals surface area contributed by atoms with Crippen molar-refractivity contribution >= 4 is 11.6 Å². The van der Waals surface area contributed by atoms with E-state index in [1.54, 1.807) is 22.0 Å². The Morgan fingerprint density at radius 1 is 0.944 bits per heavy atom. The number of rotatable bonds is 2. The predicted molar refractivity (Wildman–Crippen MR) is 66.0 cm³/mol. The smallest absolute Gasteiger partial charge is 0.183 e. The molecule has 3 aromatic rings. The highest BCUT2D eigenvalue weighted by molar-refractivity contribution is 6.30. The Bertz CT molecular complexity index is 669. The Labute approximate surface area is 108 Å². The topological polar surface area (TPSA) is 61.4 Å². The van der Waals surface area contributed by atoms with E-state index in [9.17, 15) is 0 Å². The molecule has 0 spiro atoms. The van der Waals surface area contributed by atoms with Gasteiger partial charge in [0, 0.05) is 10.6 Å². The van der Waals surface area contributed by atoms with Gasteiger partial charge >= 0.3 is 0 Å². The summed E-state index contributed by atoms with van der Waals surface area (Å²) in [6.45, 7) is 1.86. The van der Waals surface area contributed by atoms with E-state index in [4.69, 9.17) is 11.6 Å². The van der Waals surface area contributed by atoms with Crippen molar-refractivity contribution in [3.63, 3.8) is 0 Å². The van der Waals surface area contributed by atoms with Gasteiger partial charge in [0.05, 0.1) is 0 Å². The van der Waals surface area contributed by atoms with Crippen LogP contribution in [0.5, 0.6) is 0 Å². The van der Waals surface area contributed by atoms with E-state index in [2.05, 4.69) is 20.4 Å². The molecule has 0 fully saturated rings. The van der Waals surface area contributed by atoms with Crippen LogP contribution in [0.1, 0.15) is 5.82 Å². The highest BCUT2D eigenvalue weighted by Gasteiger charge is 2.10. The third kappa shape index (κ3) is 1.76. The van der Waals surface area contributed by atoms with Gasteiger partial charge in [-0.1, -0.05) is 11.6 Å². The van der Waals surface area contributed by atoms with Crippen LogP contribution in [-0.2, 0) is 0 Å². The van der Waals surface area contributed by atoms with Gasteiger partial charge in [0.2, 0.25) is 0 Å². The maximum atomic E-state index is 5.87. The average Bonchev–Trinajstić information content (AvgIpc) is 2.98. The zero-order valence-electron chi connectivity index (χ0n) is 9.53. The first kappa shape index (κ1) is 10.9. The van der Waals surface area contributed by atoms with Crippen molar-refractivity contribution < 1.29 is 0 Å². The summed E-state index contributed by atoms with van der Waals surface area (Å²) in [5, 5.41) is 16.5. The second kappa shape index (κ2) is 4.23. The van der Waals surface area contributed by atoms with Crippen LogP contribution in [0.2, 0.25) is 5.02 Å². The highest BCUT2D eigenvalue weighted by atomic mass is 35.5. The molecule has 0 saturated carbocycles. The maximum Gasteiger partial charge on any atom is 0.183 e. The van der Waals surface area contributed by atoms with Crippen molar-refractivity contribution in [3.05, 3.63) is 47.8 Å². The molecule has 0 bridgehead atoms. The lowest BCUT2D eigenvalue weighted by atomic mass is 10.2. The number of hydrogen-bond donors (Lipinski definition) is 0. The minimum atomic E-state index is 0.685. The summed E-state index contributed by atoms with van der Waals surface area (Å²) in [5.41, 5.74) is 0.921. The van der Waals surface area contributed by atoms with E-state index in [0.29, 0.717) is 10.8 Å². The summed E-state index contributed by atoms with van der Waals surface area (Å²) in [4.78, 5) is 0. The van der Waals surface area contributed by atoms with Crippen molar-refractivity contribution in [1.29, 1.82) is 0 Å². The first-order valence-corrected chi connectivity index (χ1v) is 5.67. The van der Waals surface area contributed by atoms with E-state index in [-0.39, 0.29) is 0 Å². The number of benzene rings is 1. The monoisotopic (exact) mass is 260 g/mol. The standard InChI is InChI=1S/C11H9ClN6/c1-8-15-13-6-17(8)18-7-14-16-11(18)9-2-4-10(12)5-3-9/h2-7H,1H3. The van der Waals surface area contributed by atoms with Gasteiger partial charge in [0.15, 0.2) is 5.82 Å².